The molecule has 2 aromatic carbocycles. The van der Waals surface area contributed by atoms with E-state index in [1.807, 2.05) is 41.1 Å². The summed E-state index contributed by atoms with van der Waals surface area (Å²) < 4.78 is 1.99. The lowest BCUT2D eigenvalue weighted by molar-refractivity contribution is 0.107. The molecule has 0 fully saturated rings. The summed E-state index contributed by atoms with van der Waals surface area (Å²) in [4.78, 5) is 6.43. The van der Waals surface area contributed by atoms with Gasteiger partial charge in [0.1, 0.15) is 0 Å². The fourth-order valence-corrected chi connectivity index (χ4v) is 3.35. The molecule has 3 rings (SSSR count). The van der Waals surface area contributed by atoms with Crippen LogP contribution in [0.4, 0.5) is 0 Å². The van der Waals surface area contributed by atoms with Gasteiger partial charge in [0.2, 0.25) is 0 Å². The quantitative estimate of drug-likeness (QED) is 0.730. The van der Waals surface area contributed by atoms with Crippen LogP contribution in [-0.4, -0.2) is 14.7 Å². The van der Waals surface area contributed by atoms with Gasteiger partial charge in [0, 0.05) is 34.6 Å². The van der Waals surface area contributed by atoms with Gasteiger partial charge in [-0.15, -0.1) is 0 Å². The van der Waals surface area contributed by atoms with Crippen LogP contribution in [0.1, 0.15) is 18.6 Å². The number of rotatable bonds is 6. The first-order valence-corrected chi connectivity index (χ1v) is 8.50. The Balaban J connectivity index is 1.64. The number of aliphatic hydroxyl groups is 1. The third-order valence-corrected chi connectivity index (χ3v) is 4.81. The highest BCUT2D eigenvalue weighted by Gasteiger charge is 2.16. The minimum atomic E-state index is -0.479. The standard InChI is InChI=1S/C19H20N2OS/c1-15(13-21-12-11-20-14-21)19(22)16-7-9-18(10-8-16)23-17-5-3-2-4-6-17/h2-12,14-15,19,22H,13H2,1H3. The molecule has 1 aromatic heterocycles. The molecule has 0 aliphatic heterocycles. The van der Waals surface area contributed by atoms with Gasteiger partial charge in [0.25, 0.3) is 0 Å². The minimum absolute atomic E-state index is 0.122. The highest BCUT2D eigenvalue weighted by Crippen LogP contribution is 2.30. The molecule has 2 unspecified atom stereocenters. The van der Waals surface area contributed by atoms with E-state index in [0.717, 1.165) is 12.1 Å². The van der Waals surface area contributed by atoms with Gasteiger partial charge in [-0.05, 0) is 29.8 Å². The van der Waals surface area contributed by atoms with Crippen molar-refractivity contribution in [1.29, 1.82) is 0 Å². The third kappa shape index (κ3) is 4.24. The second-order valence-corrected chi connectivity index (χ2v) is 6.81. The molecule has 0 saturated heterocycles. The van der Waals surface area contributed by atoms with Crippen molar-refractivity contribution in [3.8, 4) is 0 Å². The first-order valence-electron chi connectivity index (χ1n) is 7.69. The van der Waals surface area contributed by atoms with Crippen LogP contribution < -0.4 is 0 Å². The van der Waals surface area contributed by atoms with Crippen molar-refractivity contribution in [2.45, 2.75) is 29.4 Å². The van der Waals surface area contributed by atoms with Crippen LogP contribution in [0.5, 0.6) is 0 Å². The van der Waals surface area contributed by atoms with E-state index in [1.165, 1.54) is 9.79 Å². The Labute approximate surface area is 141 Å². The van der Waals surface area contributed by atoms with Crippen LogP contribution in [-0.2, 0) is 6.54 Å². The molecule has 1 heterocycles. The Morgan fingerprint density at radius 2 is 1.74 bits per heavy atom. The molecule has 0 saturated carbocycles. The summed E-state index contributed by atoms with van der Waals surface area (Å²) >= 11 is 1.73. The zero-order valence-electron chi connectivity index (χ0n) is 13.0. The molecule has 0 radical (unpaired) electrons. The zero-order chi connectivity index (χ0) is 16.1. The van der Waals surface area contributed by atoms with E-state index in [2.05, 4.69) is 36.2 Å². The fraction of sp³-hybridized carbons (Fsp3) is 0.211. The van der Waals surface area contributed by atoms with Gasteiger partial charge in [-0.3, -0.25) is 0 Å². The Bertz CT molecular complexity index is 711. The topological polar surface area (TPSA) is 38.0 Å². The third-order valence-electron chi connectivity index (χ3n) is 3.80. The first-order chi connectivity index (χ1) is 11.2. The molecule has 0 amide bonds. The smallest absolute Gasteiger partial charge is 0.0946 e. The number of aromatic nitrogens is 2. The van der Waals surface area contributed by atoms with E-state index >= 15 is 0 Å². The molecule has 2 atom stereocenters. The van der Waals surface area contributed by atoms with Crippen LogP contribution in [0.15, 0.2) is 83.1 Å². The van der Waals surface area contributed by atoms with Crippen LogP contribution >= 0.6 is 11.8 Å². The summed E-state index contributed by atoms with van der Waals surface area (Å²) in [7, 11) is 0. The first kappa shape index (κ1) is 15.8. The van der Waals surface area contributed by atoms with E-state index in [4.69, 9.17) is 0 Å². The summed E-state index contributed by atoms with van der Waals surface area (Å²) in [5.74, 6) is 0.122. The van der Waals surface area contributed by atoms with Gasteiger partial charge in [0.15, 0.2) is 0 Å². The zero-order valence-corrected chi connectivity index (χ0v) is 13.9. The maximum atomic E-state index is 10.5. The summed E-state index contributed by atoms with van der Waals surface area (Å²) in [6.07, 6.45) is 4.98. The summed E-state index contributed by atoms with van der Waals surface area (Å²) in [5, 5.41) is 10.5. The van der Waals surface area contributed by atoms with Crippen molar-refractivity contribution in [2.24, 2.45) is 5.92 Å². The minimum Gasteiger partial charge on any atom is -0.388 e. The predicted octanol–water partition coefficient (Wildman–Crippen LogP) is 4.40. The molecule has 3 aromatic rings. The SMILES string of the molecule is CC(Cn1ccnc1)C(O)c1ccc(Sc2ccccc2)cc1. The fourth-order valence-electron chi connectivity index (χ4n) is 2.51. The molecular formula is C19H20N2OS. The normalized spacial score (nSPS) is 13.7. The van der Waals surface area contributed by atoms with Gasteiger partial charge in [-0.1, -0.05) is 49.0 Å². The van der Waals surface area contributed by atoms with Crippen LogP contribution in [0.25, 0.3) is 0 Å². The number of imidazole rings is 1. The number of hydrogen-bond acceptors (Lipinski definition) is 3. The van der Waals surface area contributed by atoms with Gasteiger partial charge in [-0.2, -0.15) is 0 Å². The van der Waals surface area contributed by atoms with E-state index in [9.17, 15) is 5.11 Å². The van der Waals surface area contributed by atoms with Crippen molar-refractivity contribution >= 4 is 11.8 Å². The second-order valence-electron chi connectivity index (χ2n) is 5.67. The maximum absolute atomic E-state index is 10.5. The monoisotopic (exact) mass is 324 g/mol. The highest BCUT2D eigenvalue weighted by atomic mass is 32.2. The Morgan fingerprint density at radius 3 is 2.39 bits per heavy atom. The Kier molecular flexibility index (Phi) is 5.16. The molecular weight excluding hydrogens is 304 g/mol. The number of nitrogens with zero attached hydrogens (tertiary/aromatic N) is 2. The van der Waals surface area contributed by atoms with Crippen molar-refractivity contribution < 1.29 is 5.11 Å². The van der Waals surface area contributed by atoms with Crippen LogP contribution in [0, 0.1) is 5.92 Å². The number of benzene rings is 2. The number of aliphatic hydroxyl groups excluding tert-OH is 1. The molecule has 1 N–H and O–H groups in total. The molecule has 0 aliphatic carbocycles. The van der Waals surface area contributed by atoms with E-state index in [1.54, 1.807) is 24.3 Å². The molecule has 3 nitrogen and oxygen atoms in total. The highest BCUT2D eigenvalue weighted by molar-refractivity contribution is 7.99. The number of hydrogen-bond donors (Lipinski definition) is 1. The van der Waals surface area contributed by atoms with Gasteiger partial charge in [-0.25, -0.2) is 4.98 Å². The molecule has 4 heteroatoms. The van der Waals surface area contributed by atoms with E-state index < -0.39 is 6.10 Å². The van der Waals surface area contributed by atoms with Crippen molar-refractivity contribution in [3.63, 3.8) is 0 Å². The lowest BCUT2D eigenvalue weighted by atomic mass is 9.97. The summed E-state index contributed by atoms with van der Waals surface area (Å²) in [5.41, 5.74) is 0.954. The maximum Gasteiger partial charge on any atom is 0.0946 e. The van der Waals surface area contributed by atoms with Crippen molar-refractivity contribution in [3.05, 3.63) is 78.9 Å². The summed E-state index contributed by atoms with van der Waals surface area (Å²) in [6.45, 7) is 2.80. The van der Waals surface area contributed by atoms with Crippen LogP contribution in [0.3, 0.4) is 0 Å². The molecule has 23 heavy (non-hydrogen) atoms. The van der Waals surface area contributed by atoms with E-state index in [0.29, 0.717) is 0 Å². The molecule has 0 aliphatic rings. The molecule has 0 spiro atoms. The Morgan fingerprint density at radius 1 is 1.04 bits per heavy atom. The van der Waals surface area contributed by atoms with Crippen LogP contribution in [0.2, 0.25) is 0 Å². The predicted molar refractivity (Wildman–Crippen MR) is 93.4 cm³/mol. The van der Waals surface area contributed by atoms with Gasteiger partial charge in [0.05, 0.1) is 12.4 Å². The van der Waals surface area contributed by atoms with Crippen molar-refractivity contribution in [2.75, 3.05) is 0 Å². The molecule has 118 valence electrons. The van der Waals surface area contributed by atoms with Gasteiger partial charge >= 0.3 is 0 Å². The Hall–Kier alpha value is -2.04. The average Bonchev–Trinajstić information content (AvgIpc) is 3.09. The van der Waals surface area contributed by atoms with Gasteiger partial charge < -0.3 is 9.67 Å². The average molecular weight is 324 g/mol. The lowest BCUT2D eigenvalue weighted by Crippen LogP contribution is -2.15. The summed E-state index contributed by atoms with van der Waals surface area (Å²) in [6, 6.07) is 18.5. The largest absolute Gasteiger partial charge is 0.388 e. The van der Waals surface area contributed by atoms with Crippen molar-refractivity contribution in [1.82, 2.24) is 9.55 Å². The lowest BCUT2D eigenvalue weighted by Gasteiger charge is -2.20. The van der Waals surface area contributed by atoms with E-state index in [-0.39, 0.29) is 5.92 Å². The molecule has 0 bridgehead atoms. The second kappa shape index (κ2) is 7.49.